The Bertz CT molecular complexity index is 1200. The minimum absolute atomic E-state index is 0.0608. The van der Waals surface area contributed by atoms with E-state index < -0.39 is 0 Å². The third kappa shape index (κ3) is 5.64. The van der Waals surface area contributed by atoms with Gasteiger partial charge in [-0.3, -0.25) is 19.6 Å². The summed E-state index contributed by atoms with van der Waals surface area (Å²) in [6, 6.07) is 5.80. The molecule has 8 nitrogen and oxygen atoms in total. The number of unbranched alkanes of at least 4 members (excludes halogenated alkanes) is 2. The van der Waals surface area contributed by atoms with Crippen molar-refractivity contribution >= 4 is 22.7 Å². The highest BCUT2D eigenvalue weighted by atomic mass is 16.2. The number of hydrogen-bond donors (Lipinski definition) is 2. The number of nitrogens with zero attached hydrogens (tertiary/aromatic N) is 4. The lowest BCUT2D eigenvalue weighted by Crippen LogP contribution is -2.53. The maximum atomic E-state index is 13.4. The molecular weight excluding hydrogens is 452 g/mol. The average Bonchev–Trinajstić information content (AvgIpc) is 3.42. The Morgan fingerprint density at radius 2 is 1.89 bits per heavy atom. The molecule has 1 aromatic carbocycles. The smallest absolute Gasteiger partial charge is 0.225 e. The maximum Gasteiger partial charge on any atom is 0.225 e. The van der Waals surface area contributed by atoms with E-state index in [2.05, 4.69) is 30.2 Å². The monoisotopic (exact) mass is 488 g/mol. The van der Waals surface area contributed by atoms with Crippen LogP contribution in [0.5, 0.6) is 0 Å². The number of aromatic amines is 1. The van der Waals surface area contributed by atoms with E-state index in [9.17, 15) is 9.59 Å². The molecule has 0 aliphatic carbocycles. The van der Waals surface area contributed by atoms with E-state index in [1.54, 1.807) is 12.4 Å². The van der Waals surface area contributed by atoms with Crippen molar-refractivity contribution in [1.29, 1.82) is 0 Å². The molecule has 8 heteroatoms. The Morgan fingerprint density at radius 1 is 1.08 bits per heavy atom. The van der Waals surface area contributed by atoms with Crippen LogP contribution in [0.3, 0.4) is 0 Å². The largest absolute Gasteiger partial charge is 0.346 e. The second-order valence-corrected chi connectivity index (χ2v) is 10.2. The number of carbonyl (C=O) groups excluding carboxylic acids is 2. The molecule has 2 bridgehead atoms. The fourth-order valence-corrected chi connectivity index (χ4v) is 5.63. The highest BCUT2D eigenvalue weighted by Crippen LogP contribution is 2.33. The first kappa shape index (κ1) is 24.6. The lowest BCUT2D eigenvalue weighted by atomic mass is 9.78. The van der Waals surface area contributed by atoms with Crippen molar-refractivity contribution in [3.05, 3.63) is 42.6 Å². The van der Waals surface area contributed by atoms with Crippen LogP contribution in [0.1, 0.15) is 70.2 Å². The standard InChI is InChI=1S/C28H36N6O2/c1-2-21(35)6-4-3-5-7-24(33-28(36)22-18-34-14-10-19(22)11-15-34)27-31-17-26(32-27)20-8-9-23-25(16-20)30-13-12-29-23/h8-9,12-13,16-17,19,22,24H,2-7,10-11,14-15,18H2,1H3,(H,31,32)(H,33,36)/t22?,24-/m0/s1. The van der Waals surface area contributed by atoms with Crippen LogP contribution in [0.15, 0.2) is 36.8 Å². The highest BCUT2D eigenvalue weighted by Gasteiger charge is 2.39. The summed E-state index contributed by atoms with van der Waals surface area (Å²) in [5.74, 6) is 1.79. The summed E-state index contributed by atoms with van der Waals surface area (Å²) in [6.45, 7) is 5.01. The number of fused-ring (bicyclic) bond motifs is 4. The van der Waals surface area contributed by atoms with Gasteiger partial charge in [-0.15, -0.1) is 0 Å². The van der Waals surface area contributed by atoms with E-state index in [-0.39, 0.29) is 17.9 Å². The lowest BCUT2D eigenvalue weighted by molar-refractivity contribution is -0.132. The summed E-state index contributed by atoms with van der Waals surface area (Å²) in [4.78, 5) is 44.4. The van der Waals surface area contributed by atoms with Crippen molar-refractivity contribution in [3.8, 4) is 11.3 Å². The first-order valence-electron chi connectivity index (χ1n) is 13.4. The van der Waals surface area contributed by atoms with E-state index in [0.29, 0.717) is 24.5 Å². The van der Waals surface area contributed by atoms with Gasteiger partial charge in [-0.05, 0) is 56.8 Å². The lowest BCUT2D eigenvalue weighted by Gasteiger charge is -2.44. The minimum atomic E-state index is -0.177. The minimum Gasteiger partial charge on any atom is -0.346 e. The SMILES string of the molecule is CCC(=O)CCCCC[C@H](NC(=O)C1CN2CCC1CC2)c1ncc(-c2ccc3nccnc3c2)[nH]1. The van der Waals surface area contributed by atoms with Crippen molar-refractivity contribution < 1.29 is 9.59 Å². The number of Topliss-reactive ketones (excluding diaryl/α,β-unsaturated/α-hetero) is 1. The number of carbonyl (C=O) groups is 2. The molecule has 3 fully saturated rings. The molecule has 6 rings (SSSR count). The first-order chi connectivity index (χ1) is 17.6. The zero-order valence-electron chi connectivity index (χ0n) is 21.1. The van der Waals surface area contributed by atoms with E-state index >= 15 is 0 Å². The molecule has 36 heavy (non-hydrogen) atoms. The van der Waals surface area contributed by atoms with E-state index in [1.165, 1.54) is 0 Å². The molecule has 3 aliphatic heterocycles. The quantitative estimate of drug-likeness (QED) is 0.387. The highest BCUT2D eigenvalue weighted by molar-refractivity contribution is 5.81. The normalized spacial score (nSPS) is 22.0. The fraction of sp³-hybridized carbons (Fsp3) is 0.536. The van der Waals surface area contributed by atoms with Crippen LogP contribution in [0.25, 0.3) is 22.3 Å². The fourth-order valence-electron chi connectivity index (χ4n) is 5.63. The Morgan fingerprint density at radius 3 is 2.64 bits per heavy atom. The molecule has 0 radical (unpaired) electrons. The molecule has 1 amide bonds. The van der Waals surface area contributed by atoms with Crippen molar-refractivity contribution in [2.24, 2.45) is 11.8 Å². The summed E-state index contributed by atoms with van der Waals surface area (Å²) >= 11 is 0. The van der Waals surface area contributed by atoms with E-state index in [1.807, 2.05) is 31.3 Å². The van der Waals surface area contributed by atoms with Gasteiger partial charge in [-0.1, -0.05) is 25.8 Å². The average molecular weight is 489 g/mol. The van der Waals surface area contributed by atoms with E-state index in [4.69, 9.17) is 0 Å². The number of ketones is 1. The molecule has 2 N–H and O–H groups in total. The van der Waals surface area contributed by atoms with Gasteiger partial charge in [-0.25, -0.2) is 4.98 Å². The van der Waals surface area contributed by atoms with Gasteiger partial charge in [0.15, 0.2) is 0 Å². The number of benzene rings is 1. The van der Waals surface area contributed by atoms with Crippen molar-refractivity contribution in [2.45, 2.75) is 64.3 Å². The van der Waals surface area contributed by atoms with Gasteiger partial charge in [0.1, 0.15) is 11.6 Å². The van der Waals surface area contributed by atoms with Crippen LogP contribution in [-0.4, -0.2) is 56.2 Å². The number of hydrogen-bond acceptors (Lipinski definition) is 6. The van der Waals surface area contributed by atoms with Crippen LogP contribution in [0, 0.1) is 11.8 Å². The number of piperidine rings is 3. The molecule has 3 aromatic rings. The summed E-state index contributed by atoms with van der Waals surface area (Å²) < 4.78 is 0. The molecule has 2 atom stereocenters. The number of imidazole rings is 1. The van der Waals surface area contributed by atoms with Crippen molar-refractivity contribution in [3.63, 3.8) is 0 Å². The Balaban J connectivity index is 1.29. The second-order valence-electron chi connectivity index (χ2n) is 10.2. The van der Waals surface area contributed by atoms with Gasteiger partial charge in [0.25, 0.3) is 0 Å². The number of rotatable bonds is 11. The van der Waals surface area contributed by atoms with Crippen LogP contribution >= 0.6 is 0 Å². The van der Waals surface area contributed by atoms with Gasteiger partial charge < -0.3 is 15.2 Å². The Labute approximate surface area is 212 Å². The van der Waals surface area contributed by atoms with Crippen LogP contribution < -0.4 is 5.32 Å². The van der Waals surface area contributed by atoms with Gasteiger partial charge in [0.05, 0.1) is 34.9 Å². The molecule has 0 saturated carbocycles. The number of nitrogens with one attached hydrogen (secondary N) is 2. The van der Waals surface area contributed by atoms with Gasteiger partial charge in [0.2, 0.25) is 5.91 Å². The molecule has 1 unspecified atom stereocenters. The summed E-state index contributed by atoms with van der Waals surface area (Å²) in [6.07, 6.45) is 12.3. The molecular formula is C28H36N6O2. The van der Waals surface area contributed by atoms with Crippen LogP contribution in [0.4, 0.5) is 0 Å². The second kappa shape index (κ2) is 11.3. The van der Waals surface area contributed by atoms with Gasteiger partial charge in [0, 0.05) is 37.3 Å². The third-order valence-electron chi connectivity index (χ3n) is 7.86. The van der Waals surface area contributed by atoms with Crippen LogP contribution in [-0.2, 0) is 9.59 Å². The molecule has 3 saturated heterocycles. The van der Waals surface area contributed by atoms with Crippen molar-refractivity contribution in [1.82, 2.24) is 30.2 Å². The zero-order chi connectivity index (χ0) is 24.9. The molecule has 2 aromatic heterocycles. The predicted molar refractivity (Wildman–Crippen MR) is 139 cm³/mol. The molecule has 5 heterocycles. The topological polar surface area (TPSA) is 104 Å². The number of amides is 1. The molecule has 0 spiro atoms. The van der Waals surface area contributed by atoms with Gasteiger partial charge in [-0.2, -0.15) is 0 Å². The summed E-state index contributed by atoms with van der Waals surface area (Å²) in [7, 11) is 0. The van der Waals surface area contributed by atoms with Gasteiger partial charge >= 0.3 is 0 Å². The summed E-state index contributed by atoms with van der Waals surface area (Å²) in [5.41, 5.74) is 3.57. The Kier molecular flexibility index (Phi) is 7.70. The maximum absolute atomic E-state index is 13.4. The number of aromatic nitrogens is 4. The molecule has 3 aliphatic rings. The zero-order valence-corrected chi connectivity index (χ0v) is 21.1. The van der Waals surface area contributed by atoms with Crippen molar-refractivity contribution in [2.75, 3.05) is 19.6 Å². The first-order valence-corrected chi connectivity index (χ1v) is 13.4. The van der Waals surface area contributed by atoms with Crippen LogP contribution in [0.2, 0.25) is 0 Å². The number of H-pyrrole nitrogens is 1. The third-order valence-corrected chi connectivity index (χ3v) is 7.86. The van der Waals surface area contributed by atoms with E-state index in [0.717, 1.165) is 86.3 Å². The summed E-state index contributed by atoms with van der Waals surface area (Å²) in [5, 5.41) is 3.34. The Hall–Kier alpha value is -3.13. The molecule has 190 valence electrons. The predicted octanol–water partition coefficient (Wildman–Crippen LogP) is 4.45.